The van der Waals surface area contributed by atoms with Crippen molar-refractivity contribution in [2.24, 2.45) is 23.2 Å². The van der Waals surface area contributed by atoms with Crippen molar-refractivity contribution in [2.75, 3.05) is 0 Å². The first-order chi connectivity index (χ1) is 12.0. The molecule has 134 valence electrons. The second-order valence-electron chi connectivity index (χ2n) is 8.12. The van der Waals surface area contributed by atoms with Gasteiger partial charge in [0.05, 0.1) is 6.07 Å². The lowest BCUT2D eigenvalue weighted by Gasteiger charge is -2.62. The van der Waals surface area contributed by atoms with Gasteiger partial charge in [0, 0.05) is 23.4 Å². The first kappa shape index (κ1) is 18.2. The van der Waals surface area contributed by atoms with Crippen LogP contribution in [0.2, 0.25) is 0 Å². The van der Waals surface area contributed by atoms with E-state index in [-0.39, 0.29) is 11.9 Å². The lowest BCUT2D eigenvalue weighted by atomic mass is 9.44. The topological polar surface area (TPSA) is 52.9 Å². The Labute approximate surface area is 155 Å². The molecule has 0 aliphatic heterocycles. The molecule has 0 radical (unpaired) electrons. The van der Waals surface area contributed by atoms with Gasteiger partial charge in [-0.1, -0.05) is 26.0 Å². The van der Waals surface area contributed by atoms with Crippen molar-refractivity contribution in [2.45, 2.75) is 58.4 Å². The third kappa shape index (κ3) is 3.82. The van der Waals surface area contributed by atoms with Gasteiger partial charge >= 0.3 is 0 Å². The fraction of sp³-hybridized carbons (Fsp3) is 0.619. The minimum atomic E-state index is 0.0791. The van der Waals surface area contributed by atoms with Crippen molar-refractivity contribution in [3.8, 4) is 6.07 Å². The summed E-state index contributed by atoms with van der Waals surface area (Å²) in [5.41, 5.74) is 1.13. The molecule has 0 aromatic carbocycles. The van der Waals surface area contributed by atoms with E-state index in [0.29, 0.717) is 23.7 Å². The Morgan fingerprint density at radius 1 is 1.44 bits per heavy atom. The van der Waals surface area contributed by atoms with Gasteiger partial charge in [-0.15, -0.1) is 0 Å². The van der Waals surface area contributed by atoms with E-state index in [9.17, 15) is 4.79 Å². The Bertz CT molecular complexity index is 656. The highest BCUT2D eigenvalue weighted by atomic mass is 32.1. The summed E-state index contributed by atoms with van der Waals surface area (Å²) in [4.78, 5) is 12.6. The maximum Gasteiger partial charge on any atom is 0.252 e. The molecule has 0 spiro atoms. The number of unbranched alkanes of at least 4 members (excludes halogenated alkanes) is 2. The summed E-state index contributed by atoms with van der Waals surface area (Å²) in [5, 5.41) is 15.8. The molecular weight excluding hydrogens is 328 g/mol. The second-order valence-corrected chi connectivity index (χ2v) is 8.91. The van der Waals surface area contributed by atoms with E-state index in [0.717, 1.165) is 30.7 Å². The molecule has 1 aromatic rings. The number of amides is 1. The van der Waals surface area contributed by atoms with E-state index in [1.807, 2.05) is 16.8 Å². The van der Waals surface area contributed by atoms with Gasteiger partial charge in [0.25, 0.3) is 5.91 Å². The van der Waals surface area contributed by atoms with E-state index < -0.39 is 0 Å². The zero-order chi connectivity index (χ0) is 17.9. The zero-order valence-corrected chi connectivity index (χ0v) is 16.0. The Morgan fingerprint density at radius 2 is 2.28 bits per heavy atom. The first-order valence-electron chi connectivity index (χ1n) is 9.39. The number of carbonyl (C=O) groups excluding carboxylic acids is 1. The van der Waals surface area contributed by atoms with Crippen LogP contribution in [0.1, 0.15) is 62.7 Å². The van der Waals surface area contributed by atoms with E-state index >= 15 is 0 Å². The van der Waals surface area contributed by atoms with Crippen molar-refractivity contribution in [1.82, 2.24) is 5.32 Å². The van der Waals surface area contributed by atoms with Crippen LogP contribution in [0.5, 0.6) is 0 Å². The number of fused-ring (bicyclic) bond motifs is 2. The van der Waals surface area contributed by atoms with E-state index in [1.165, 1.54) is 12.8 Å². The van der Waals surface area contributed by atoms with Gasteiger partial charge in [0.2, 0.25) is 0 Å². The molecule has 2 bridgehead atoms. The third-order valence-electron chi connectivity index (χ3n) is 6.42. The fourth-order valence-electron chi connectivity index (χ4n) is 4.68. The van der Waals surface area contributed by atoms with Crippen LogP contribution in [0.25, 0.3) is 0 Å². The smallest absolute Gasteiger partial charge is 0.252 e. The van der Waals surface area contributed by atoms with Crippen molar-refractivity contribution >= 4 is 17.2 Å². The molecule has 3 aliphatic rings. The minimum Gasteiger partial charge on any atom is -0.349 e. The van der Waals surface area contributed by atoms with Crippen LogP contribution in [0.3, 0.4) is 0 Å². The Kier molecular flexibility index (Phi) is 5.64. The highest BCUT2D eigenvalue weighted by Gasteiger charge is 2.57. The van der Waals surface area contributed by atoms with Crippen molar-refractivity contribution < 1.29 is 4.79 Å². The molecule has 1 heterocycles. The highest BCUT2D eigenvalue weighted by molar-refractivity contribution is 7.08. The average Bonchev–Trinajstić information content (AvgIpc) is 3.13. The van der Waals surface area contributed by atoms with Crippen molar-refractivity contribution in [1.29, 1.82) is 5.26 Å². The molecule has 3 nitrogen and oxygen atoms in total. The number of nitrogens with one attached hydrogen (secondary N) is 1. The standard InChI is InChI=1S/C21H28N2OS/c1-21(2)17-12-15(8-6-4-3-5-7-10-22)19(18(21)13-17)23-20(24)16-9-11-25-14-16/h4,6,9,11,14-15,17-19H,3,5,7-8,12-13H2,1-2H3,(H,23,24)/b6-4-/t15-,17-,18-,19+/m0/s1. The lowest BCUT2D eigenvalue weighted by Crippen LogP contribution is -2.63. The molecule has 25 heavy (non-hydrogen) atoms. The average molecular weight is 357 g/mol. The highest BCUT2D eigenvalue weighted by Crippen LogP contribution is 2.61. The van der Waals surface area contributed by atoms with Gasteiger partial charge in [-0.25, -0.2) is 0 Å². The first-order valence-corrected chi connectivity index (χ1v) is 10.3. The Morgan fingerprint density at radius 3 is 2.96 bits per heavy atom. The molecule has 3 fully saturated rings. The molecule has 0 saturated heterocycles. The van der Waals surface area contributed by atoms with Crippen LogP contribution in [0.4, 0.5) is 0 Å². The summed E-state index contributed by atoms with van der Waals surface area (Å²) in [6.07, 6.45) is 10.5. The minimum absolute atomic E-state index is 0.0791. The molecule has 3 aliphatic carbocycles. The summed E-state index contributed by atoms with van der Waals surface area (Å²) in [6, 6.07) is 4.37. The number of allylic oxidation sites excluding steroid dienone is 2. The molecule has 3 saturated carbocycles. The van der Waals surface area contributed by atoms with Crippen LogP contribution in [-0.4, -0.2) is 11.9 Å². The van der Waals surface area contributed by atoms with Gasteiger partial charge in [0.1, 0.15) is 0 Å². The van der Waals surface area contributed by atoms with Crippen molar-refractivity contribution in [3.63, 3.8) is 0 Å². The van der Waals surface area contributed by atoms with Crippen LogP contribution in [0.15, 0.2) is 29.0 Å². The van der Waals surface area contributed by atoms with Crippen LogP contribution in [-0.2, 0) is 0 Å². The maximum atomic E-state index is 12.6. The number of hydrogen-bond donors (Lipinski definition) is 1. The Balaban J connectivity index is 1.62. The molecule has 4 heteroatoms. The van der Waals surface area contributed by atoms with Crippen LogP contribution in [0, 0.1) is 34.5 Å². The fourth-order valence-corrected chi connectivity index (χ4v) is 5.32. The summed E-state index contributed by atoms with van der Waals surface area (Å²) >= 11 is 1.57. The number of carbonyl (C=O) groups is 1. The van der Waals surface area contributed by atoms with Gasteiger partial charge in [-0.3, -0.25) is 4.79 Å². The van der Waals surface area contributed by atoms with Gasteiger partial charge in [0.15, 0.2) is 0 Å². The summed E-state index contributed by atoms with van der Waals surface area (Å²) in [6.45, 7) is 4.73. The van der Waals surface area contributed by atoms with Crippen LogP contribution >= 0.6 is 11.3 Å². The third-order valence-corrected chi connectivity index (χ3v) is 7.10. The van der Waals surface area contributed by atoms with Gasteiger partial charge in [-0.05, 0) is 66.7 Å². The number of nitrogens with zero attached hydrogens (tertiary/aromatic N) is 1. The predicted octanol–water partition coefficient (Wildman–Crippen LogP) is 5.17. The molecule has 1 aromatic heterocycles. The van der Waals surface area contributed by atoms with Crippen LogP contribution < -0.4 is 5.32 Å². The largest absolute Gasteiger partial charge is 0.349 e. The second kappa shape index (κ2) is 7.74. The monoisotopic (exact) mass is 356 g/mol. The van der Waals surface area contributed by atoms with E-state index in [4.69, 9.17) is 5.26 Å². The van der Waals surface area contributed by atoms with E-state index in [2.05, 4.69) is 37.4 Å². The summed E-state index contributed by atoms with van der Waals surface area (Å²) in [7, 11) is 0. The van der Waals surface area contributed by atoms with Crippen molar-refractivity contribution in [3.05, 3.63) is 34.5 Å². The van der Waals surface area contributed by atoms with E-state index in [1.54, 1.807) is 11.3 Å². The number of rotatable bonds is 7. The Hall–Kier alpha value is -1.60. The molecule has 1 N–H and O–H groups in total. The lowest BCUT2D eigenvalue weighted by molar-refractivity contribution is -0.110. The number of thiophene rings is 1. The zero-order valence-electron chi connectivity index (χ0n) is 15.2. The predicted molar refractivity (Wildman–Crippen MR) is 102 cm³/mol. The van der Waals surface area contributed by atoms with Gasteiger partial charge < -0.3 is 5.32 Å². The molecular formula is C21H28N2OS. The normalized spacial score (nSPS) is 29.8. The molecule has 4 rings (SSSR count). The molecule has 4 atom stereocenters. The molecule has 0 unspecified atom stereocenters. The summed E-state index contributed by atoms with van der Waals surface area (Å²) in [5.74, 6) is 2.00. The number of nitriles is 1. The maximum absolute atomic E-state index is 12.6. The number of hydrogen-bond acceptors (Lipinski definition) is 3. The quantitative estimate of drug-likeness (QED) is 0.541. The summed E-state index contributed by atoms with van der Waals surface area (Å²) < 4.78 is 0. The SMILES string of the molecule is CC1(C)[C@H]2C[C@H](C/C=C\CCCC#N)[C@@H](NC(=O)c3ccsc3)[C@@H]1C2. The van der Waals surface area contributed by atoms with Gasteiger partial charge in [-0.2, -0.15) is 16.6 Å². The molecule has 1 amide bonds.